The van der Waals surface area contributed by atoms with Crippen molar-refractivity contribution in [3.63, 3.8) is 0 Å². The van der Waals surface area contributed by atoms with E-state index in [1.807, 2.05) is 11.3 Å². The zero-order valence-electron chi connectivity index (χ0n) is 11.6. The van der Waals surface area contributed by atoms with Crippen LogP contribution in [0, 0.1) is 5.92 Å². The molecule has 2 N–H and O–H groups in total. The first-order valence-corrected chi connectivity index (χ1v) is 8.01. The summed E-state index contributed by atoms with van der Waals surface area (Å²) in [5, 5.41) is 11.3. The van der Waals surface area contributed by atoms with Gasteiger partial charge in [0.05, 0.1) is 0 Å². The van der Waals surface area contributed by atoms with E-state index in [0.29, 0.717) is 5.41 Å². The van der Waals surface area contributed by atoms with E-state index >= 15 is 0 Å². The van der Waals surface area contributed by atoms with Gasteiger partial charge in [-0.2, -0.15) is 0 Å². The summed E-state index contributed by atoms with van der Waals surface area (Å²) >= 11 is 1.83. The van der Waals surface area contributed by atoms with Crippen molar-refractivity contribution in [3.8, 4) is 0 Å². The molecule has 1 fully saturated rings. The van der Waals surface area contributed by atoms with Crippen molar-refractivity contribution in [2.75, 3.05) is 6.54 Å². The smallest absolute Gasteiger partial charge is 0.123 e. The molecule has 0 spiro atoms. The summed E-state index contributed by atoms with van der Waals surface area (Å²) in [6, 6.07) is 0. The first-order chi connectivity index (χ1) is 8.66. The van der Waals surface area contributed by atoms with Crippen LogP contribution in [0.2, 0.25) is 0 Å². The fourth-order valence-corrected chi connectivity index (χ4v) is 4.30. The zero-order valence-corrected chi connectivity index (χ0v) is 12.4. The summed E-state index contributed by atoms with van der Waals surface area (Å²) in [7, 11) is 0. The highest BCUT2D eigenvalue weighted by molar-refractivity contribution is 7.11. The van der Waals surface area contributed by atoms with Crippen LogP contribution in [0.3, 0.4) is 0 Å². The average Bonchev–Trinajstić information content (AvgIpc) is 2.94. The Bertz CT molecular complexity index is 367. The van der Waals surface area contributed by atoms with Crippen LogP contribution in [0.1, 0.15) is 62.4 Å². The quantitative estimate of drug-likeness (QED) is 0.860. The Morgan fingerprint density at radius 2 is 2.00 bits per heavy atom. The predicted octanol–water partition coefficient (Wildman–Crippen LogP) is 3.29. The molecule has 0 saturated heterocycles. The molecule has 1 aliphatic carbocycles. The number of nitrogens with zero attached hydrogens (tertiary/aromatic N) is 2. The van der Waals surface area contributed by atoms with E-state index in [-0.39, 0.29) is 0 Å². The largest absolute Gasteiger partial charge is 0.330 e. The van der Waals surface area contributed by atoms with Gasteiger partial charge >= 0.3 is 0 Å². The van der Waals surface area contributed by atoms with Crippen LogP contribution in [-0.2, 0) is 11.8 Å². The number of hydrogen-bond donors (Lipinski definition) is 1. The van der Waals surface area contributed by atoms with Gasteiger partial charge in [-0.15, -0.1) is 21.5 Å². The molecule has 0 bridgehead atoms. The van der Waals surface area contributed by atoms with Crippen LogP contribution in [0.25, 0.3) is 0 Å². The normalized spacial score (nSPS) is 18.7. The van der Waals surface area contributed by atoms with Crippen molar-refractivity contribution >= 4 is 11.3 Å². The molecule has 0 aromatic carbocycles. The van der Waals surface area contributed by atoms with Crippen LogP contribution >= 0.6 is 11.3 Å². The van der Waals surface area contributed by atoms with E-state index in [4.69, 9.17) is 5.73 Å². The van der Waals surface area contributed by atoms with Crippen molar-refractivity contribution in [2.45, 2.75) is 64.2 Å². The van der Waals surface area contributed by atoms with Gasteiger partial charge in [-0.25, -0.2) is 0 Å². The Kier molecular flexibility index (Phi) is 4.73. The monoisotopic (exact) mass is 267 g/mol. The minimum absolute atomic E-state index is 0.340. The average molecular weight is 267 g/mol. The molecule has 0 radical (unpaired) electrons. The van der Waals surface area contributed by atoms with Gasteiger partial charge < -0.3 is 5.73 Å². The molecule has 0 atom stereocenters. The van der Waals surface area contributed by atoms with Crippen LogP contribution in [0.15, 0.2) is 0 Å². The van der Waals surface area contributed by atoms with E-state index in [0.717, 1.165) is 25.3 Å². The minimum Gasteiger partial charge on any atom is -0.330 e. The fraction of sp³-hybridized carbons (Fsp3) is 0.857. The van der Waals surface area contributed by atoms with Crippen LogP contribution in [0.4, 0.5) is 0 Å². The van der Waals surface area contributed by atoms with E-state index < -0.39 is 0 Å². The van der Waals surface area contributed by atoms with Gasteiger partial charge in [-0.1, -0.05) is 26.7 Å². The lowest BCUT2D eigenvalue weighted by molar-refractivity contribution is 0.343. The van der Waals surface area contributed by atoms with Gasteiger partial charge in [0, 0.05) is 11.8 Å². The Balaban J connectivity index is 2.13. The topological polar surface area (TPSA) is 51.8 Å². The Morgan fingerprint density at radius 3 is 2.61 bits per heavy atom. The van der Waals surface area contributed by atoms with Gasteiger partial charge in [-0.05, 0) is 38.1 Å². The lowest BCUT2D eigenvalue weighted by Crippen LogP contribution is -2.24. The number of rotatable bonds is 6. The molecule has 0 aliphatic heterocycles. The lowest BCUT2D eigenvalue weighted by atomic mass is 9.79. The van der Waals surface area contributed by atoms with E-state index in [9.17, 15) is 0 Å². The molecule has 1 aliphatic rings. The summed E-state index contributed by atoms with van der Waals surface area (Å²) in [5.74, 6) is 0.736. The van der Waals surface area contributed by atoms with Crippen LogP contribution in [0.5, 0.6) is 0 Å². The van der Waals surface area contributed by atoms with E-state index in [2.05, 4.69) is 24.0 Å². The molecule has 1 aromatic rings. The van der Waals surface area contributed by atoms with E-state index in [1.165, 1.54) is 42.1 Å². The van der Waals surface area contributed by atoms with Crippen molar-refractivity contribution in [1.82, 2.24) is 10.2 Å². The standard InChI is InChI=1S/C14H25N3S/c1-11(2)10-14(7-3-4-8-14)13-17-16-12(18-13)6-5-9-15/h11H,3-10,15H2,1-2H3. The third kappa shape index (κ3) is 3.09. The number of aryl methyl sites for hydroxylation is 1. The Morgan fingerprint density at radius 1 is 1.28 bits per heavy atom. The van der Waals surface area contributed by atoms with Crippen molar-refractivity contribution in [3.05, 3.63) is 10.0 Å². The molecule has 3 nitrogen and oxygen atoms in total. The highest BCUT2D eigenvalue weighted by Gasteiger charge is 2.39. The SMILES string of the molecule is CC(C)CC1(c2nnc(CCCN)s2)CCCC1. The summed E-state index contributed by atoms with van der Waals surface area (Å²) in [6.45, 7) is 5.37. The Labute approximate surface area is 114 Å². The molecule has 2 rings (SSSR count). The first-order valence-electron chi connectivity index (χ1n) is 7.19. The molecule has 1 heterocycles. The summed E-state index contributed by atoms with van der Waals surface area (Å²) in [4.78, 5) is 0. The third-order valence-electron chi connectivity index (χ3n) is 3.87. The number of aromatic nitrogens is 2. The van der Waals surface area contributed by atoms with Crippen molar-refractivity contribution in [1.29, 1.82) is 0 Å². The number of nitrogens with two attached hydrogens (primary N) is 1. The highest BCUT2D eigenvalue weighted by atomic mass is 32.1. The molecule has 18 heavy (non-hydrogen) atoms. The predicted molar refractivity (Wildman–Crippen MR) is 76.9 cm³/mol. The van der Waals surface area contributed by atoms with Gasteiger partial charge in [0.1, 0.15) is 10.0 Å². The molecule has 1 saturated carbocycles. The van der Waals surface area contributed by atoms with Gasteiger partial charge in [-0.3, -0.25) is 0 Å². The third-order valence-corrected chi connectivity index (χ3v) is 5.10. The van der Waals surface area contributed by atoms with Crippen molar-refractivity contribution in [2.24, 2.45) is 11.7 Å². The molecule has 102 valence electrons. The minimum atomic E-state index is 0.340. The van der Waals surface area contributed by atoms with Crippen molar-refractivity contribution < 1.29 is 0 Å². The summed E-state index contributed by atoms with van der Waals surface area (Å²) in [6.07, 6.45) is 8.58. The zero-order chi connectivity index (χ0) is 13.0. The van der Waals surface area contributed by atoms with Gasteiger partial charge in [0.25, 0.3) is 0 Å². The fourth-order valence-electron chi connectivity index (χ4n) is 3.16. The van der Waals surface area contributed by atoms with Crippen LogP contribution in [-0.4, -0.2) is 16.7 Å². The maximum atomic E-state index is 5.55. The second-order valence-electron chi connectivity index (χ2n) is 5.98. The molecule has 0 unspecified atom stereocenters. The van der Waals surface area contributed by atoms with Gasteiger partial charge in [0.2, 0.25) is 0 Å². The molecular formula is C14H25N3S. The molecule has 1 aromatic heterocycles. The summed E-state index contributed by atoms with van der Waals surface area (Å²) < 4.78 is 0. The number of hydrogen-bond acceptors (Lipinski definition) is 4. The molecule has 4 heteroatoms. The van der Waals surface area contributed by atoms with Gasteiger partial charge in [0.15, 0.2) is 0 Å². The van der Waals surface area contributed by atoms with E-state index in [1.54, 1.807) is 0 Å². The molecule has 0 amide bonds. The maximum Gasteiger partial charge on any atom is 0.123 e. The second kappa shape index (κ2) is 6.11. The highest BCUT2D eigenvalue weighted by Crippen LogP contribution is 2.46. The second-order valence-corrected chi connectivity index (χ2v) is 7.04. The first kappa shape index (κ1) is 13.9. The molecular weight excluding hydrogens is 242 g/mol. The summed E-state index contributed by atoms with van der Waals surface area (Å²) in [5.41, 5.74) is 5.89. The Hall–Kier alpha value is -0.480. The van der Waals surface area contributed by atoms with Crippen LogP contribution < -0.4 is 5.73 Å². The lowest BCUT2D eigenvalue weighted by Gasteiger charge is -2.27. The maximum absolute atomic E-state index is 5.55.